The number of aryl methyl sites for hydroxylation is 1. The number of esters is 1. The van der Waals surface area contributed by atoms with Crippen molar-refractivity contribution in [2.24, 2.45) is 5.92 Å². The molecule has 0 radical (unpaired) electrons. The lowest BCUT2D eigenvalue weighted by atomic mass is 9.82. The summed E-state index contributed by atoms with van der Waals surface area (Å²) in [7, 11) is 0. The van der Waals surface area contributed by atoms with Crippen molar-refractivity contribution >= 4 is 17.6 Å². The van der Waals surface area contributed by atoms with Gasteiger partial charge in [-0.2, -0.15) is 0 Å². The van der Waals surface area contributed by atoms with Gasteiger partial charge in [0.2, 0.25) is 5.60 Å². The van der Waals surface area contributed by atoms with Gasteiger partial charge < -0.3 is 19.6 Å². The zero-order valence-corrected chi connectivity index (χ0v) is 20.6. The lowest BCUT2D eigenvalue weighted by Gasteiger charge is -2.51. The Morgan fingerprint density at radius 1 is 0.917 bits per heavy atom. The van der Waals surface area contributed by atoms with E-state index in [4.69, 9.17) is 4.74 Å². The number of hydrogen-bond donors (Lipinski definition) is 2. The summed E-state index contributed by atoms with van der Waals surface area (Å²) in [6.07, 6.45) is 1.44. The van der Waals surface area contributed by atoms with E-state index in [1.54, 1.807) is 48.5 Å². The molecule has 186 valence electrons. The van der Waals surface area contributed by atoms with Crippen molar-refractivity contribution in [2.45, 2.75) is 31.5 Å². The average Bonchev–Trinajstić information content (AvgIpc) is 2.91. The summed E-state index contributed by atoms with van der Waals surface area (Å²) in [5, 5.41) is 14.8. The molecular formula is C30H33N2O4+. The van der Waals surface area contributed by atoms with Gasteiger partial charge in [-0.05, 0) is 29.7 Å². The van der Waals surface area contributed by atoms with Gasteiger partial charge in [0.05, 0.1) is 13.1 Å². The summed E-state index contributed by atoms with van der Waals surface area (Å²) >= 11 is 0. The molecule has 3 heterocycles. The Balaban J connectivity index is 1.33. The fourth-order valence-electron chi connectivity index (χ4n) is 5.77. The van der Waals surface area contributed by atoms with Gasteiger partial charge in [0, 0.05) is 24.4 Å². The standard InChI is InChI=1S/C30H32N2O4/c1-22-10-8-9-15-26(22)31-28(33)21-32-18-16-23(17-19-32)27(20-32)36-29(34)30(35,24-11-4-2-5-12-24)25-13-6-3-7-14-25/h2-15,23,27,35H,16-21H2,1H3/p+1. The van der Waals surface area contributed by atoms with Crippen LogP contribution >= 0.6 is 0 Å². The van der Waals surface area contributed by atoms with Crippen molar-refractivity contribution in [3.63, 3.8) is 0 Å². The molecule has 1 atom stereocenters. The van der Waals surface area contributed by atoms with Crippen LogP contribution in [-0.2, 0) is 19.9 Å². The van der Waals surface area contributed by atoms with E-state index in [0.29, 0.717) is 28.7 Å². The number of quaternary nitrogens is 1. The fraction of sp³-hybridized carbons (Fsp3) is 0.333. The molecule has 6 nitrogen and oxygen atoms in total. The lowest BCUT2D eigenvalue weighted by Crippen LogP contribution is -2.66. The predicted molar refractivity (Wildman–Crippen MR) is 138 cm³/mol. The van der Waals surface area contributed by atoms with Crippen molar-refractivity contribution in [2.75, 3.05) is 31.5 Å². The molecule has 3 fully saturated rings. The Hall–Kier alpha value is -3.48. The fourth-order valence-corrected chi connectivity index (χ4v) is 5.77. The Kier molecular flexibility index (Phi) is 6.65. The van der Waals surface area contributed by atoms with E-state index in [0.717, 1.165) is 37.2 Å². The first-order valence-corrected chi connectivity index (χ1v) is 12.6. The van der Waals surface area contributed by atoms with Crippen LogP contribution in [0.3, 0.4) is 0 Å². The lowest BCUT2D eigenvalue weighted by molar-refractivity contribution is -0.939. The summed E-state index contributed by atoms with van der Waals surface area (Å²) < 4.78 is 6.71. The molecule has 6 rings (SSSR count). The molecule has 0 spiro atoms. The van der Waals surface area contributed by atoms with Crippen LogP contribution in [0.1, 0.15) is 29.5 Å². The molecular weight excluding hydrogens is 452 g/mol. The second kappa shape index (κ2) is 9.88. The van der Waals surface area contributed by atoms with E-state index in [1.807, 2.05) is 43.3 Å². The summed E-state index contributed by atoms with van der Waals surface area (Å²) in [4.78, 5) is 26.7. The SMILES string of the molecule is Cc1ccccc1NC(=O)C[N+]12CCC(CC1)C(OC(=O)C(O)(c1ccccc1)c1ccccc1)C2. The van der Waals surface area contributed by atoms with Gasteiger partial charge in [-0.3, -0.25) is 4.79 Å². The van der Waals surface area contributed by atoms with Gasteiger partial charge in [-0.25, -0.2) is 4.79 Å². The first-order valence-electron chi connectivity index (χ1n) is 12.6. The quantitative estimate of drug-likeness (QED) is 0.392. The molecule has 1 unspecified atom stereocenters. The normalized spacial score (nSPS) is 23.2. The van der Waals surface area contributed by atoms with Crippen LogP contribution in [-0.4, -0.2) is 53.7 Å². The number of fused-ring (bicyclic) bond motifs is 3. The summed E-state index contributed by atoms with van der Waals surface area (Å²) in [6.45, 7) is 4.68. The minimum Gasteiger partial charge on any atom is -0.453 e. The highest BCUT2D eigenvalue weighted by molar-refractivity contribution is 5.92. The van der Waals surface area contributed by atoms with Crippen molar-refractivity contribution in [1.29, 1.82) is 0 Å². The Bertz CT molecular complexity index is 1180. The van der Waals surface area contributed by atoms with Crippen molar-refractivity contribution in [3.05, 3.63) is 102 Å². The van der Waals surface area contributed by atoms with Crippen LogP contribution in [0.25, 0.3) is 0 Å². The molecule has 0 aromatic heterocycles. The summed E-state index contributed by atoms with van der Waals surface area (Å²) in [5.74, 6) is -0.454. The number of amides is 1. The molecule has 36 heavy (non-hydrogen) atoms. The van der Waals surface area contributed by atoms with Crippen molar-refractivity contribution in [1.82, 2.24) is 0 Å². The second-order valence-corrected chi connectivity index (χ2v) is 10.2. The molecule has 2 bridgehead atoms. The zero-order chi connectivity index (χ0) is 25.2. The Morgan fingerprint density at radius 3 is 2.06 bits per heavy atom. The monoisotopic (exact) mass is 485 g/mol. The molecule has 0 saturated carbocycles. The number of rotatable bonds is 7. The highest BCUT2D eigenvalue weighted by Gasteiger charge is 2.51. The number of piperidine rings is 3. The van der Waals surface area contributed by atoms with E-state index < -0.39 is 11.6 Å². The third-order valence-corrected chi connectivity index (χ3v) is 7.88. The van der Waals surface area contributed by atoms with Gasteiger partial charge in [0.1, 0.15) is 6.54 Å². The number of benzene rings is 3. The molecule has 3 aromatic rings. The highest BCUT2D eigenvalue weighted by atomic mass is 16.6. The number of nitrogens with one attached hydrogen (secondary N) is 1. The molecule has 3 aliphatic rings. The predicted octanol–water partition coefficient (Wildman–Crippen LogP) is 4.02. The van der Waals surface area contributed by atoms with Gasteiger partial charge >= 0.3 is 5.97 Å². The zero-order valence-electron chi connectivity index (χ0n) is 20.6. The average molecular weight is 486 g/mol. The van der Waals surface area contributed by atoms with E-state index in [2.05, 4.69) is 5.32 Å². The van der Waals surface area contributed by atoms with Crippen molar-refractivity contribution < 1.29 is 23.9 Å². The molecule has 6 heteroatoms. The van der Waals surface area contributed by atoms with E-state index in [-0.39, 0.29) is 17.9 Å². The first-order chi connectivity index (χ1) is 17.4. The molecule has 1 amide bonds. The van der Waals surface area contributed by atoms with Gasteiger partial charge in [-0.15, -0.1) is 0 Å². The maximum absolute atomic E-state index is 13.7. The Morgan fingerprint density at radius 2 is 1.47 bits per heavy atom. The maximum Gasteiger partial charge on any atom is 0.348 e. The number of anilines is 1. The number of nitrogens with zero attached hydrogens (tertiary/aromatic N) is 1. The number of carbonyl (C=O) groups excluding carboxylic acids is 2. The third kappa shape index (κ3) is 4.66. The molecule has 2 N–H and O–H groups in total. The molecule has 3 aromatic carbocycles. The van der Waals surface area contributed by atoms with E-state index in [1.165, 1.54) is 0 Å². The van der Waals surface area contributed by atoms with Gasteiger partial charge in [0.15, 0.2) is 12.6 Å². The van der Waals surface area contributed by atoms with Crippen LogP contribution in [0.15, 0.2) is 84.9 Å². The van der Waals surface area contributed by atoms with E-state index >= 15 is 0 Å². The molecule has 0 aliphatic carbocycles. The smallest absolute Gasteiger partial charge is 0.348 e. The number of carbonyl (C=O) groups is 2. The first kappa shape index (κ1) is 24.2. The highest BCUT2D eigenvalue weighted by Crippen LogP contribution is 2.38. The van der Waals surface area contributed by atoms with Crippen LogP contribution in [0.4, 0.5) is 5.69 Å². The van der Waals surface area contributed by atoms with Gasteiger partial charge in [0.25, 0.3) is 5.91 Å². The number of para-hydroxylation sites is 1. The van der Waals surface area contributed by atoms with E-state index in [9.17, 15) is 14.7 Å². The van der Waals surface area contributed by atoms with Gasteiger partial charge in [-0.1, -0.05) is 78.9 Å². The molecule has 3 aliphatic heterocycles. The topological polar surface area (TPSA) is 75.6 Å². The number of hydrogen-bond acceptors (Lipinski definition) is 4. The minimum absolute atomic E-state index is 0.0280. The summed E-state index contributed by atoms with van der Waals surface area (Å²) in [6, 6.07) is 25.6. The number of ether oxygens (including phenoxy) is 1. The number of aliphatic hydroxyl groups is 1. The van der Waals surface area contributed by atoms with Crippen LogP contribution in [0, 0.1) is 12.8 Å². The largest absolute Gasteiger partial charge is 0.453 e. The molecule has 3 saturated heterocycles. The second-order valence-electron chi connectivity index (χ2n) is 10.2. The summed E-state index contributed by atoms with van der Waals surface area (Å²) in [5.41, 5.74) is 0.900. The van der Waals surface area contributed by atoms with Crippen LogP contribution in [0.2, 0.25) is 0 Å². The third-order valence-electron chi connectivity index (χ3n) is 7.88. The Labute approximate surface area is 212 Å². The van der Waals surface area contributed by atoms with Crippen molar-refractivity contribution in [3.8, 4) is 0 Å². The van der Waals surface area contributed by atoms with Crippen LogP contribution < -0.4 is 5.32 Å². The van der Waals surface area contributed by atoms with Crippen LogP contribution in [0.5, 0.6) is 0 Å². The maximum atomic E-state index is 13.7. The minimum atomic E-state index is -1.90.